The Bertz CT molecular complexity index is 402. The molecule has 1 nitrogen and oxygen atoms in total. The number of hydrogen-bond acceptors (Lipinski definition) is 1. The second-order valence-electron chi connectivity index (χ2n) is 6.70. The average molecular weight is 313 g/mol. The largest absolute Gasteiger partial charge is 0.493 e. The van der Waals surface area contributed by atoms with Gasteiger partial charge in [-0.25, -0.2) is 0 Å². The van der Waals surface area contributed by atoms with Gasteiger partial charge in [0, 0.05) is 0 Å². The van der Waals surface area contributed by atoms with Gasteiger partial charge in [-0.2, -0.15) is 0 Å². The van der Waals surface area contributed by atoms with Crippen LogP contribution in [0.3, 0.4) is 0 Å². The first-order valence-electron chi connectivity index (χ1n) is 6.58. The van der Waals surface area contributed by atoms with E-state index in [1.807, 2.05) is 6.92 Å². The van der Waals surface area contributed by atoms with Crippen LogP contribution in [0.15, 0.2) is 22.7 Å². The van der Waals surface area contributed by atoms with Gasteiger partial charge >= 0.3 is 0 Å². The van der Waals surface area contributed by atoms with Gasteiger partial charge in [-0.1, -0.05) is 40.7 Å². The topological polar surface area (TPSA) is 9.23 Å². The van der Waals surface area contributed by atoms with Gasteiger partial charge in [-0.05, 0) is 57.8 Å². The summed E-state index contributed by atoms with van der Waals surface area (Å²) in [5.41, 5.74) is 1.85. The Morgan fingerprint density at radius 2 is 1.72 bits per heavy atom. The summed E-state index contributed by atoms with van der Waals surface area (Å²) in [6.45, 7) is 14.2. The molecule has 0 N–H and O–H groups in total. The van der Waals surface area contributed by atoms with Gasteiger partial charge in [0.05, 0.1) is 11.1 Å². The molecule has 0 spiro atoms. The Hall–Kier alpha value is -0.500. The first kappa shape index (κ1) is 15.6. The standard InChI is InChI=1S/C16H25BrO/c1-7-18-14-9-8-12(10-13(14)17)16(5,6)11-15(2,3)4/h8-10H,7,11H2,1-6H3. The Morgan fingerprint density at radius 3 is 2.17 bits per heavy atom. The van der Waals surface area contributed by atoms with E-state index in [2.05, 4.69) is 68.7 Å². The molecule has 0 saturated heterocycles. The molecule has 102 valence electrons. The molecule has 0 aliphatic heterocycles. The molecule has 0 unspecified atom stereocenters. The van der Waals surface area contributed by atoms with Crippen molar-refractivity contribution in [2.75, 3.05) is 6.61 Å². The minimum atomic E-state index is 0.172. The zero-order valence-electron chi connectivity index (χ0n) is 12.4. The van der Waals surface area contributed by atoms with Crippen LogP contribution in [0.5, 0.6) is 5.75 Å². The van der Waals surface area contributed by atoms with Crippen molar-refractivity contribution in [1.82, 2.24) is 0 Å². The number of halogens is 1. The smallest absolute Gasteiger partial charge is 0.133 e. The average Bonchev–Trinajstić information content (AvgIpc) is 2.17. The molecule has 0 aliphatic carbocycles. The number of ether oxygens (including phenoxy) is 1. The zero-order chi connectivity index (χ0) is 14.0. The third-order valence-electron chi connectivity index (χ3n) is 2.99. The van der Waals surface area contributed by atoms with Crippen LogP contribution in [0.4, 0.5) is 0 Å². The summed E-state index contributed by atoms with van der Waals surface area (Å²) >= 11 is 3.60. The van der Waals surface area contributed by atoms with E-state index in [0.717, 1.165) is 16.6 Å². The highest BCUT2D eigenvalue weighted by Crippen LogP contribution is 2.38. The fraction of sp³-hybridized carbons (Fsp3) is 0.625. The molecule has 0 aliphatic rings. The molecule has 0 atom stereocenters. The van der Waals surface area contributed by atoms with Crippen LogP contribution in [-0.2, 0) is 5.41 Å². The van der Waals surface area contributed by atoms with E-state index in [4.69, 9.17) is 4.74 Å². The highest BCUT2D eigenvalue weighted by molar-refractivity contribution is 9.10. The summed E-state index contributed by atoms with van der Waals surface area (Å²) in [5.74, 6) is 0.924. The first-order chi connectivity index (χ1) is 8.15. The monoisotopic (exact) mass is 312 g/mol. The predicted molar refractivity (Wildman–Crippen MR) is 82.4 cm³/mol. The first-order valence-corrected chi connectivity index (χ1v) is 7.38. The Kier molecular flexibility index (Phi) is 4.88. The molecule has 1 rings (SSSR count). The Balaban J connectivity index is 2.99. The minimum absolute atomic E-state index is 0.172. The fourth-order valence-electron chi connectivity index (χ4n) is 2.62. The molecule has 2 heteroatoms. The molecule has 0 amide bonds. The molecular formula is C16H25BrO. The normalized spacial score (nSPS) is 12.6. The molecular weight excluding hydrogens is 288 g/mol. The Labute approximate surface area is 120 Å². The zero-order valence-corrected chi connectivity index (χ0v) is 14.0. The third-order valence-corrected chi connectivity index (χ3v) is 3.61. The van der Waals surface area contributed by atoms with Crippen LogP contribution in [0.2, 0.25) is 0 Å². The van der Waals surface area contributed by atoms with Crippen LogP contribution in [0.1, 0.15) is 53.5 Å². The van der Waals surface area contributed by atoms with Crippen LogP contribution in [-0.4, -0.2) is 6.61 Å². The van der Waals surface area contributed by atoms with Gasteiger partial charge in [-0.3, -0.25) is 0 Å². The van der Waals surface area contributed by atoms with E-state index in [9.17, 15) is 0 Å². The van der Waals surface area contributed by atoms with Crippen molar-refractivity contribution >= 4 is 15.9 Å². The van der Waals surface area contributed by atoms with Gasteiger partial charge in [0.1, 0.15) is 5.75 Å². The molecule has 0 heterocycles. The molecule has 0 fully saturated rings. The van der Waals surface area contributed by atoms with E-state index in [-0.39, 0.29) is 5.41 Å². The molecule has 1 aromatic carbocycles. The maximum atomic E-state index is 5.56. The number of hydrogen-bond donors (Lipinski definition) is 0. The fourth-order valence-corrected chi connectivity index (χ4v) is 3.12. The summed E-state index contributed by atoms with van der Waals surface area (Å²) in [6.07, 6.45) is 1.15. The lowest BCUT2D eigenvalue weighted by Crippen LogP contribution is -2.24. The van der Waals surface area contributed by atoms with Crippen molar-refractivity contribution in [3.05, 3.63) is 28.2 Å². The summed E-state index contributed by atoms with van der Waals surface area (Å²) in [6, 6.07) is 6.44. The highest BCUT2D eigenvalue weighted by atomic mass is 79.9. The minimum Gasteiger partial charge on any atom is -0.493 e. The maximum absolute atomic E-state index is 5.56. The van der Waals surface area contributed by atoms with E-state index in [1.165, 1.54) is 5.56 Å². The van der Waals surface area contributed by atoms with Crippen molar-refractivity contribution in [2.45, 2.75) is 53.4 Å². The quantitative estimate of drug-likeness (QED) is 0.707. The molecule has 0 radical (unpaired) electrons. The molecule has 18 heavy (non-hydrogen) atoms. The lowest BCUT2D eigenvalue weighted by Gasteiger charge is -2.33. The van der Waals surface area contributed by atoms with Crippen LogP contribution in [0.25, 0.3) is 0 Å². The maximum Gasteiger partial charge on any atom is 0.133 e. The van der Waals surface area contributed by atoms with Gasteiger partial charge in [0.25, 0.3) is 0 Å². The summed E-state index contributed by atoms with van der Waals surface area (Å²) in [4.78, 5) is 0. The van der Waals surface area contributed by atoms with Gasteiger partial charge < -0.3 is 4.74 Å². The summed E-state index contributed by atoms with van der Waals surface area (Å²) in [5, 5.41) is 0. The van der Waals surface area contributed by atoms with Crippen LogP contribution in [0, 0.1) is 5.41 Å². The van der Waals surface area contributed by atoms with E-state index in [1.54, 1.807) is 0 Å². The van der Waals surface area contributed by atoms with Crippen LogP contribution < -0.4 is 4.74 Å². The lowest BCUT2D eigenvalue weighted by molar-refractivity contribution is 0.283. The van der Waals surface area contributed by atoms with E-state index >= 15 is 0 Å². The highest BCUT2D eigenvalue weighted by Gasteiger charge is 2.27. The SMILES string of the molecule is CCOc1ccc(C(C)(C)CC(C)(C)C)cc1Br. The van der Waals surface area contributed by atoms with E-state index in [0.29, 0.717) is 12.0 Å². The Morgan fingerprint density at radius 1 is 1.11 bits per heavy atom. The van der Waals surface area contributed by atoms with Crippen molar-refractivity contribution < 1.29 is 4.74 Å². The number of rotatable bonds is 4. The van der Waals surface area contributed by atoms with Crippen molar-refractivity contribution in [1.29, 1.82) is 0 Å². The summed E-state index contributed by atoms with van der Waals surface area (Å²) < 4.78 is 6.60. The van der Waals surface area contributed by atoms with Crippen molar-refractivity contribution in [2.24, 2.45) is 5.41 Å². The molecule has 0 saturated carbocycles. The third kappa shape index (κ3) is 4.31. The van der Waals surface area contributed by atoms with Crippen molar-refractivity contribution in [3.8, 4) is 5.75 Å². The molecule has 0 aromatic heterocycles. The second-order valence-corrected chi connectivity index (χ2v) is 7.55. The second kappa shape index (κ2) is 5.64. The van der Waals surface area contributed by atoms with Crippen LogP contribution >= 0.6 is 15.9 Å². The lowest BCUT2D eigenvalue weighted by atomic mass is 9.72. The van der Waals surface area contributed by atoms with Gasteiger partial charge in [-0.15, -0.1) is 0 Å². The molecule has 1 aromatic rings. The predicted octanol–water partition coefficient (Wildman–Crippen LogP) is 5.56. The van der Waals surface area contributed by atoms with Gasteiger partial charge in [0.2, 0.25) is 0 Å². The van der Waals surface area contributed by atoms with Gasteiger partial charge in [0.15, 0.2) is 0 Å². The summed E-state index contributed by atoms with van der Waals surface area (Å²) in [7, 11) is 0. The van der Waals surface area contributed by atoms with Crippen molar-refractivity contribution in [3.63, 3.8) is 0 Å². The molecule has 0 bridgehead atoms. The van der Waals surface area contributed by atoms with E-state index < -0.39 is 0 Å². The number of benzene rings is 1.